The minimum atomic E-state index is -3.38. The molecule has 2 atom stereocenters. The molecule has 1 aliphatic carbocycles. The van der Waals surface area contributed by atoms with Crippen molar-refractivity contribution >= 4 is 16.0 Å². The minimum absolute atomic E-state index is 0.0858. The van der Waals surface area contributed by atoms with Crippen LogP contribution in [0.3, 0.4) is 0 Å². The second kappa shape index (κ2) is 5.14. The second-order valence-corrected chi connectivity index (χ2v) is 7.26. The summed E-state index contributed by atoms with van der Waals surface area (Å²) < 4.78 is 30.5. The molecule has 0 aromatic rings. The Balaban J connectivity index is 1.99. The predicted octanol–water partition coefficient (Wildman–Crippen LogP) is 0.148. The number of nitrogens with zero attached hydrogens (tertiary/aromatic N) is 1. The highest BCUT2D eigenvalue weighted by molar-refractivity contribution is 7.89. The van der Waals surface area contributed by atoms with E-state index in [0.717, 1.165) is 12.8 Å². The van der Waals surface area contributed by atoms with Crippen molar-refractivity contribution in [3.63, 3.8) is 0 Å². The first kappa shape index (κ1) is 13.8. The highest BCUT2D eigenvalue weighted by Gasteiger charge is 2.41. The molecule has 0 bridgehead atoms. The first-order valence-corrected chi connectivity index (χ1v) is 7.79. The molecule has 0 amide bonds. The lowest BCUT2D eigenvalue weighted by molar-refractivity contribution is -0.142. The van der Waals surface area contributed by atoms with Crippen LogP contribution in [0, 0.1) is 11.8 Å². The predicted molar refractivity (Wildman–Crippen MR) is 64.6 cm³/mol. The fourth-order valence-electron chi connectivity index (χ4n) is 2.21. The van der Waals surface area contributed by atoms with Gasteiger partial charge in [0.05, 0.1) is 30.9 Å². The Morgan fingerprint density at radius 2 is 2.06 bits per heavy atom. The number of aliphatic carboxylic acids is 1. The molecule has 7 heteroatoms. The number of sulfonamides is 1. The fourth-order valence-corrected chi connectivity index (χ4v) is 3.75. The molecule has 2 unspecified atom stereocenters. The summed E-state index contributed by atoms with van der Waals surface area (Å²) >= 11 is 0. The van der Waals surface area contributed by atoms with Gasteiger partial charge in [-0.1, -0.05) is 12.8 Å². The van der Waals surface area contributed by atoms with Crippen LogP contribution in [0.1, 0.15) is 19.3 Å². The van der Waals surface area contributed by atoms with Gasteiger partial charge in [-0.25, -0.2) is 8.42 Å². The van der Waals surface area contributed by atoms with Gasteiger partial charge < -0.3 is 9.84 Å². The normalized spacial score (nSPS) is 28.8. The summed E-state index contributed by atoms with van der Waals surface area (Å²) in [6.07, 6.45) is 2.91. The summed E-state index contributed by atoms with van der Waals surface area (Å²) in [5.74, 6) is -1.10. The van der Waals surface area contributed by atoms with Crippen molar-refractivity contribution in [3.05, 3.63) is 0 Å². The van der Waals surface area contributed by atoms with Gasteiger partial charge in [-0.05, 0) is 12.3 Å². The summed E-state index contributed by atoms with van der Waals surface area (Å²) in [6, 6.07) is -0.577. The van der Waals surface area contributed by atoms with E-state index in [-0.39, 0.29) is 19.0 Å². The molecule has 2 rings (SSSR count). The van der Waals surface area contributed by atoms with Crippen molar-refractivity contribution in [1.82, 2.24) is 4.31 Å². The molecule has 0 aromatic carbocycles. The van der Waals surface area contributed by atoms with Crippen LogP contribution in [0.5, 0.6) is 0 Å². The molecule has 0 radical (unpaired) electrons. The second-order valence-electron chi connectivity index (χ2n) is 5.11. The summed E-state index contributed by atoms with van der Waals surface area (Å²) in [5, 5.41) is 9.02. The Labute approximate surface area is 107 Å². The lowest BCUT2D eigenvalue weighted by Crippen LogP contribution is -2.44. The lowest BCUT2D eigenvalue weighted by atomic mass is 10.1. The molecule has 6 nitrogen and oxygen atoms in total. The van der Waals surface area contributed by atoms with E-state index in [2.05, 4.69) is 0 Å². The minimum Gasteiger partial charge on any atom is -0.481 e. The smallest absolute Gasteiger partial charge is 0.310 e. The molecule has 2 fully saturated rings. The number of hydrogen-bond acceptors (Lipinski definition) is 4. The Kier molecular flexibility index (Phi) is 3.93. The van der Waals surface area contributed by atoms with E-state index >= 15 is 0 Å². The molecule has 0 spiro atoms. The van der Waals surface area contributed by atoms with Crippen LogP contribution in [-0.4, -0.2) is 55.9 Å². The van der Waals surface area contributed by atoms with Crippen molar-refractivity contribution in [3.8, 4) is 0 Å². The SMILES string of the molecule is CN(C1COCC1C(=O)O)S(=O)(=O)CCC1CC1. The number of carboxylic acids is 1. The number of hydrogen-bond donors (Lipinski definition) is 1. The summed E-state index contributed by atoms with van der Waals surface area (Å²) in [6.45, 7) is 0.249. The molecule has 104 valence electrons. The van der Waals surface area contributed by atoms with Crippen LogP contribution in [0.15, 0.2) is 0 Å². The summed E-state index contributed by atoms with van der Waals surface area (Å²) in [5.41, 5.74) is 0. The maximum Gasteiger partial charge on any atom is 0.310 e. The molecule has 1 N–H and O–H groups in total. The monoisotopic (exact) mass is 277 g/mol. The zero-order valence-electron chi connectivity index (χ0n) is 10.4. The molecule has 1 heterocycles. The number of rotatable bonds is 6. The van der Waals surface area contributed by atoms with Gasteiger partial charge in [0.2, 0.25) is 10.0 Å². The van der Waals surface area contributed by atoms with E-state index in [4.69, 9.17) is 9.84 Å². The first-order valence-electron chi connectivity index (χ1n) is 6.18. The Morgan fingerprint density at radius 1 is 1.39 bits per heavy atom. The average Bonchev–Trinajstić information content (AvgIpc) is 3.00. The summed E-state index contributed by atoms with van der Waals surface area (Å²) in [7, 11) is -1.92. The molecule has 0 aromatic heterocycles. The Bertz CT molecular complexity index is 417. The van der Waals surface area contributed by atoms with Gasteiger partial charge in [0.25, 0.3) is 0 Å². The topological polar surface area (TPSA) is 83.9 Å². The number of likely N-dealkylation sites (N-methyl/N-ethyl adjacent to an activating group) is 1. The van der Waals surface area contributed by atoms with E-state index in [0.29, 0.717) is 12.3 Å². The van der Waals surface area contributed by atoms with Gasteiger partial charge in [-0.3, -0.25) is 4.79 Å². The zero-order chi connectivity index (χ0) is 13.3. The van der Waals surface area contributed by atoms with Gasteiger partial charge in [0.15, 0.2) is 0 Å². The number of carbonyl (C=O) groups is 1. The van der Waals surface area contributed by atoms with Crippen LogP contribution >= 0.6 is 0 Å². The molecule has 2 aliphatic rings. The molecular formula is C11H19NO5S. The maximum absolute atomic E-state index is 12.1. The third-order valence-electron chi connectivity index (χ3n) is 3.75. The van der Waals surface area contributed by atoms with Gasteiger partial charge in [-0.15, -0.1) is 0 Å². The van der Waals surface area contributed by atoms with Crippen LogP contribution in [0.2, 0.25) is 0 Å². The van der Waals surface area contributed by atoms with Crippen LogP contribution in [0.4, 0.5) is 0 Å². The van der Waals surface area contributed by atoms with Crippen molar-refractivity contribution in [1.29, 1.82) is 0 Å². The molecule has 1 saturated carbocycles. The van der Waals surface area contributed by atoms with E-state index in [1.54, 1.807) is 0 Å². The van der Waals surface area contributed by atoms with E-state index in [1.807, 2.05) is 0 Å². The van der Waals surface area contributed by atoms with Crippen LogP contribution in [-0.2, 0) is 19.6 Å². The fraction of sp³-hybridized carbons (Fsp3) is 0.909. The Hall–Kier alpha value is -0.660. The van der Waals surface area contributed by atoms with Crippen molar-refractivity contribution < 1.29 is 23.1 Å². The highest BCUT2D eigenvalue weighted by atomic mass is 32.2. The Morgan fingerprint density at radius 3 is 2.61 bits per heavy atom. The van der Waals surface area contributed by atoms with Crippen molar-refractivity contribution in [2.75, 3.05) is 26.0 Å². The maximum atomic E-state index is 12.1. The number of carboxylic acid groups (broad SMARTS) is 1. The van der Waals surface area contributed by atoms with Crippen molar-refractivity contribution in [2.45, 2.75) is 25.3 Å². The summed E-state index contributed by atoms with van der Waals surface area (Å²) in [4.78, 5) is 11.0. The van der Waals surface area contributed by atoms with Crippen LogP contribution < -0.4 is 0 Å². The molecular weight excluding hydrogens is 258 g/mol. The van der Waals surface area contributed by atoms with Crippen molar-refractivity contribution in [2.24, 2.45) is 11.8 Å². The third kappa shape index (κ3) is 3.02. The molecule has 1 aliphatic heterocycles. The van der Waals surface area contributed by atoms with Gasteiger partial charge in [-0.2, -0.15) is 4.31 Å². The van der Waals surface area contributed by atoms with E-state index < -0.39 is 28.0 Å². The van der Waals surface area contributed by atoms with Crippen LogP contribution in [0.25, 0.3) is 0 Å². The largest absolute Gasteiger partial charge is 0.481 e. The third-order valence-corrected chi connectivity index (χ3v) is 5.65. The van der Waals surface area contributed by atoms with E-state index in [9.17, 15) is 13.2 Å². The van der Waals surface area contributed by atoms with Gasteiger partial charge >= 0.3 is 5.97 Å². The van der Waals surface area contributed by atoms with Gasteiger partial charge in [0, 0.05) is 7.05 Å². The average molecular weight is 277 g/mol. The highest BCUT2D eigenvalue weighted by Crippen LogP contribution is 2.33. The van der Waals surface area contributed by atoms with E-state index in [1.165, 1.54) is 11.4 Å². The lowest BCUT2D eigenvalue weighted by Gasteiger charge is -2.25. The first-order chi connectivity index (χ1) is 8.42. The number of ether oxygens (including phenoxy) is 1. The standard InChI is InChI=1S/C11H19NO5S/c1-12(10-7-17-6-9(10)11(13)14)18(15,16)5-4-8-2-3-8/h8-10H,2-7H2,1H3,(H,13,14). The molecule has 1 saturated heterocycles. The van der Waals surface area contributed by atoms with Gasteiger partial charge in [0.1, 0.15) is 0 Å². The quantitative estimate of drug-likeness (QED) is 0.747. The zero-order valence-corrected chi connectivity index (χ0v) is 11.2. The molecule has 18 heavy (non-hydrogen) atoms.